The second kappa shape index (κ2) is 6.44. The predicted molar refractivity (Wildman–Crippen MR) is 60.9 cm³/mol. The van der Waals surface area contributed by atoms with Crippen LogP contribution >= 0.6 is 0 Å². The minimum atomic E-state index is -0.806. The lowest BCUT2D eigenvalue weighted by Crippen LogP contribution is -2.44. The van der Waals surface area contributed by atoms with Gasteiger partial charge in [-0.3, -0.25) is 15.0 Å². The van der Waals surface area contributed by atoms with Crippen LogP contribution in [0.3, 0.4) is 0 Å². The van der Waals surface area contributed by atoms with Gasteiger partial charge in [0.2, 0.25) is 5.91 Å². The van der Waals surface area contributed by atoms with Gasteiger partial charge in [0.15, 0.2) is 0 Å². The van der Waals surface area contributed by atoms with Gasteiger partial charge in [-0.05, 0) is 32.9 Å². The van der Waals surface area contributed by atoms with Crippen molar-refractivity contribution < 1.29 is 9.59 Å². The zero-order valence-corrected chi connectivity index (χ0v) is 9.66. The van der Waals surface area contributed by atoms with E-state index in [1.54, 1.807) is 0 Å². The molecule has 1 fully saturated rings. The van der Waals surface area contributed by atoms with Gasteiger partial charge < -0.3 is 11.1 Å². The van der Waals surface area contributed by atoms with Crippen LogP contribution in [0.4, 0.5) is 4.79 Å². The summed E-state index contributed by atoms with van der Waals surface area (Å²) in [6.07, 6.45) is 2.51. The molecule has 1 rings (SSSR count). The van der Waals surface area contributed by atoms with Crippen LogP contribution in [0.15, 0.2) is 0 Å². The Balaban J connectivity index is 2.09. The lowest BCUT2D eigenvalue weighted by molar-refractivity contribution is -0.119. The molecular weight excluding hydrogens is 208 g/mol. The van der Waals surface area contributed by atoms with Crippen LogP contribution in [0.25, 0.3) is 0 Å². The fourth-order valence-corrected chi connectivity index (χ4v) is 1.89. The SMILES string of the molecule is CC(CNCC(=O)NC(N)=O)N1CCCC1. The number of carbonyl (C=O) groups excluding carboxylic acids is 2. The third kappa shape index (κ3) is 4.59. The number of rotatable bonds is 5. The Kier molecular flexibility index (Phi) is 5.21. The summed E-state index contributed by atoms with van der Waals surface area (Å²) in [7, 11) is 0. The number of urea groups is 1. The number of nitrogens with one attached hydrogen (secondary N) is 2. The molecule has 1 unspecified atom stereocenters. The zero-order valence-electron chi connectivity index (χ0n) is 9.66. The smallest absolute Gasteiger partial charge is 0.318 e. The Labute approximate surface area is 95.5 Å². The van der Waals surface area contributed by atoms with Crippen molar-refractivity contribution >= 4 is 11.9 Å². The lowest BCUT2D eigenvalue weighted by Gasteiger charge is -2.23. The van der Waals surface area contributed by atoms with E-state index >= 15 is 0 Å². The van der Waals surface area contributed by atoms with Crippen LogP contribution in [0.5, 0.6) is 0 Å². The first kappa shape index (κ1) is 12.9. The molecule has 1 atom stereocenters. The first-order valence-electron chi connectivity index (χ1n) is 5.63. The van der Waals surface area contributed by atoms with Crippen LogP contribution in [0, 0.1) is 0 Å². The second-order valence-electron chi connectivity index (χ2n) is 4.14. The molecule has 0 saturated carbocycles. The molecule has 16 heavy (non-hydrogen) atoms. The van der Waals surface area contributed by atoms with Crippen molar-refractivity contribution in [1.29, 1.82) is 0 Å². The molecule has 1 aliphatic rings. The molecule has 1 aliphatic heterocycles. The van der Waals surface area contributed by atoms with Crippen molar-refractivity contribution in [3.63, 3.8) is 0 Å². The Morgan fingerprint density at radius 2 is 2.00 bits per heavy atom. The minimum absolute atomic E-state index is 0.126. The molecule has 0 spiro atoms. The van der Waals surface area contributed by atoms with E-state index in [0.29, 0.717) is 6.04 Å². The number of carbonyl (C=O) groups is 2. The molecule has 0 radical (unpaired) electrons. The summed E-state index contributed by atoms with van der Waals surface area (Å²) in [5.41, 5.74) is 4.82. The van der Waals surface area contributed by atoms with Gasteiger partial charge in [-0.1, -0.05) is 0 Å². The maximum absolute atomic E-state index is 11.1. The van der Waals surface area contributed by atoms with Gasteiger partial charge in [-0.2, -0.15) is 0 Å². The molecule has 0 bridgehead atoms. The molecule has 6 heteroatoms. The number of likely N-dealkylation sites (tertiary alicyclic amines) is 1. The number of hydrogen-bond donors (Lipinski definition) is 3. The summed E-state index contributed by atoms with van der Waals surface area (Å²) >= 11 is 0. The molecule has 0 aliphatic carbocycles. The molecule has 1 saturated heterocycles. The maximum atomic E-state index is 11.1. The predicted octanol–water partition coefficient (Wildman–Crippen LogP) is -0.745. The highest BCUT2D eigenvalue weighted by Gasteiger charge is 2.17. The molecule has 0 aromatic carbocycles. The minimum Gasteiger partial charge on any atom is -0.351 e. The standard InChI is InChI=1S/C10H20N4O2/c1-8(14-4-2-3-5-14)6-12-7-9(15)13-10(11)16/h8,12H,2-7H2,1H3,(H3,11,13,15,16). The fourth-order valence-electron chi connectivity index (χ4n) is 1.89. The normalized spacial score (nSPS) is 18.3. The van der Waals surface area contributed by atoms with E-state index < -0.39 is 6.03 Å². The Morgan fingerprint density at radius 3 is 2.56 bits per heavy atom. The van der Waals surface area contributed by atoms with Crippen molar-refractivity contribution in [3.8, 4) is 0 Å². The molecule has 1 heterocycles. The number of hydrogen-bond acceptors (Lipinski definition) is 4. The lowest BCUT2D eigenvalue weighted by atomic mass is 10.3. The number of amides is 3. The molecule has 6 nitrogen and oxygen atoms in total. The van der Waals surface area contributed by atoms with Crippen LogP contribution in [-0.4, -0.2) is 49.1 Å². The molecular formula is C10H20N4O2. The van der Waals surface area contributed by atoms with Gasteiger partial charge in [0.1, 0.15) is 0 Å². The van der Waals surface area contributed by atoms with Crippen LogP contribution in [0.1, 0.15) is 19.8 Å². The number of imide groups is 1. The van der Waals surface area contributed by atoms with Gasteiger partial charge >= 0.3 is 6.03 Å². The topological polar surface area (TPSA) is 87.5 Å². The summed E-state index contributed by atoms with van der Waals surface area (Å²) in [4.78, 5) is 23.8. The van der Waals surface area contributed by atoms with Crippen molar-refractivity contribution in [1.82, 2.24) is 15.5 Å². The van der Waals surface area contributed by atoms with Crippen molar-refractivity contribution in [2.24, 2.45) is 5.73 Å². The third-order valence-electron chi connectivity index (χ3n) is 2.75. The van der Waals surface area contributed by atoms with Crippen LogP contribution < -0.4 is 16.4 Å². The number of primary amides is 1. The zero-order chi connectivity index (χ0) is 12.0. The average Bonchev–Trinajstić information content (AvgIpc) is 2.68. The van der Waals surface area contributed by atoms with E-state index in [9.17, 15) is 9.59 Å². The van der Waals surface area contributed by atoms with E-state index in [2.05, 4.69) is 17.1 Å². The Bertz CT molecular complexity index is 251. The van der Waals surface area contributed by atoms with E-state index in [-0.39, 0.29) is 12.5 Å². The quantitative estimate of drug-likeness (QED) is 0.578. The van der Waals surface area contributed by atoms with Gasteiger partial charge in [0, 0.05) is 12.6 Å². The second-order valence-corrected chi connectivity index (χ2v) is 4.14. The maximum Gasteiger partial charge on any atom is 0.318 e. The summed E-state index contributed by atoms with van der Waals surface area (Å²) in [6, 6.07) is -0.386. The van der Waals surface area contributed by atoms with Gasteiger partial charge in [0.25, 0.3) is 0 Å². The van der Waals surface area contributed by atoms with E-state index in [1.165, 1.54) is 12.8 Å². The van der Waals surface area contributed by atoms with E-state index in [1.807, 2.05) is 5.32 Å². The number of nitrogens with zero attached hydrogens (tertiary/aromatic N) is 1. The van der Waals surface area contributed by atoms with Crippen molar-refractivity contribution in [3.05, 3.63) is 0 Å². The summed E-state index contributed by atoms with van der Waals surface area (Å²) < 4.78 is 0. The third-order valence-corrected chi connectivity index (χ3v) is 2.75. The van der Waals surface area contributed by atoms with Gasteiger partial charge in [-0.25, -0.2) is 4.79 Å². The first-order chi connectivity index (χ1) is 7.59. The molecule has 4 N–H and O–H groups in total. The summed E-state index contributed by atoms with van der Waals surface area (Å²) in [6.45, 7) is 5.27. The molecule has 0 aromatic rings. The largest absolute Gasteiger partial charge is 0.351 e. The van der Waals surface area contributed by atoms with Crippen LogP contribution in [-0.2, 0) is 4.79 Å². The Hall–Kier alpha value is -1.14. The van der Waals surface area contributed by atoms with Crippen LogP contribution in [0.2, 0.25) is 0 Å². The summed E-state index contributed by atoms with van der Waals surface area (Å²) in [5.74, 6) is -0.388. The summed E-state index contributed by atoms with van der Waals surface area (Å²) in [5, 5.41) is 5.02. The molecule has 92 valence electrons. The highest BCUT2D eigenvalue weighted by Crippen LogP contribution is 2.10. The van der Waals surface area contributed by atoms with E-state index in [0.717, 1.165) is 19.6 Å². The average molecular weight is 228 g/mol. The molecule has 3 amide bonds. The fraction of sp³-hybridized carbons (Fsp3) is 0.800. The van der Waals surface area contributed by atoms with Crippen molar-refractivity contribution in [2.75, 3.05) is 26.2 Å². The monoisotopic (exact) mass is 228 g/mol. The highest BCUT2D eigenvalue weighted by atomic mass is 16.2. The van der Waals surface area contributed by atoms with Gasteiger partial charge in [0.05, 0.1) is 6.54 Å². The van der Waals surface area contributed by atoms with Crippen molar-refractivity contribution in [2.45, 2.75) is 25.8 Å². The Morgan fingerprint density at radius 1 is 1.38 bits per heavy atom. The first-order valence-corrected chi connectivity index (χ1v) is 5.63. The van der Waals surface area contributed by atoms with Gasteiger partial charge in [-0.15, -0.1) is 0 Å². The number of nitrogens with two attached hydrogens (primary N) is 1. The molecule has 0 aromatic heterocycles. The highest BCUT2D eigenvalue weighted by molar-refractivity contribution is 5.94. The van der Waals surface area contributed by atoms with E-state index in [4.69, 9.17) is 5.73 Å².